The zero-order chi connectivity index (χ0) is 16.3. The summed E-state index contributed by atoms with van der Waals surface area (Å²) in [6.07, 6.45) is 1.46. The van der Waals surface area contributed by atoms with E-state index >= 15 is 0 Å². The van der Waals surface area contributed by atoms with Crippen molar-refractivity contribution in [2.45, 2.75) is 70.4 Å². The van der Waals surface area contributed by atoms with Gasteiger partial charge in [-0.25, -0.2) is 0 Å². The van der Waals surface area contributed by atoms with Crippen LogP contribution in [0, 0.1) is 0 Å². The lowest BCUT2D eigenvalue weighted by Crippen LogP contribution is -2.42. The van der Waals surface area contributed by atoms with Crippen LogP contribution in [-0.2, 0) is 20.7 Å². The summed E-state index contributed by atoms with van der Waals surface area (Å²) in [6, 6.07) is 6.19. The Morgan fingerprint density at radius 1 is 1.23 bits per heavy atom. The van der Waals surface area contributed by atoms with Gasteiger partial charge in [0.15, 0.2) is 5.60 Å². The van der Waals surface area contributed by atoms with Gasteiger partial charge < -0.3 is 9.47 Å². The average molecular weight is 367 g/mol. The van der Waals surface area contributed by atoms with Crippen LogP contribution in [-0.4, -0.2) is 22.6 Å². The van der Waals surface area contributed by atoms with E-state index in [1.54, 1.807) is 0 Å². The maximum absolute atomic E-state index is 13.0. The van der Waals surface area contributed by atoms with Gasteiger partial charge in [-0.1, -0.05) is 35.8 Å². The summed E-state index contributed by atoms with van der Waals surface area (Å²) >= 11 is 3.52. The van der Waals surface area contributed by atoms with Gasteiger partial charge in [-0.3, -0.25) is 4.79 Å². The van der Waals surface area contributed by atoms with E-state index < -0.39 is 16.8 Å². The minimum atomic E-state index is -0.830. The van der Waals surface area contributed by atoms with Crippen molar-refractivity contribution < 1.29 is 14.3 Å². The van der Waals surface area contributed by atoms with Gasteiger partial charge in [0, 0.05) is 4.47 Å². The molecule has 2 aliphatic rings. The fourth-order valence-corrected chi connectivity index (χ4v) is 4.26. The van der Waals surface area contributed by atoms with Crippen molar-refractivity contribution in [2.24, 2.45) is 0 Å². The van der Waals surface area contributed by atoms with Crippen LogP contribution in [0.15, 0.2) is 22.7 Å². The zero-order valence-corrected chi connectivity index (χ0v) is 15.4. The SMILES string of the molecule is CCc1cc(Br)ccc1C1OC12C(=O)C(C)(C)OC2(C)CC. The molecule has 1 spiro atoms. The lowest BCUT2D eigenvalue weighted by Gasteiger charge is -2.27. The maximum atomic E-state index is 13.0. The number of rotatable bonds is 3. The molecule has 3 rings (SSSR count). The van der Waals surface area contributed by atoms with Crippen LogP contribution in [0.3, 0.4) is 0 Å². The quantitative estimate of drug-likeness (QED) is 0.745. The third-order valence-corrected chi connectivity index (χ3v) is 5.70. The molecule has 3 atom stereocenters. The minimum absolute atomic E-state index is 0.0688. The van der Waals surface area contributed by atoms with Gasteiger partial charge in [0.2, 0.25) is 5.78 Å². The van der Waals surface area contributed by atoms with Crippen molar-refractivity contribution in [3.8, 4) is 0 Å². The van der Waals surface area contributed by atoms with Gasteiger partial charge in [0.25, 0.3) is 0 Å². The van der Waals surface area contributed by atoms with Gasteiger partial charge in [-0.15, -0.1) is 0 Å². The first-order valence-corrected chi connectivity index (χ1v) is 8.72. The van der Waals surface area contributed by atoms with E-state index in [2.05, 4.69) is 41.9 Å². The molecule has 120 valence electrons. The highest BCUT2D eigenvalue weighted by Gasteiger charge is 2.79. The molecule has 0 amide bonds. The lowest BCUT2D eigenvalue weighted by atomic mass is 9.78. The normalized spacial score (nSPS) is 36.1. The Morgan fingerprint density at radius 2 is 1.91 bits per heavy atom. The zero-order valence-electron chi connectivity index (χ0n) is 13.8. The summed E-state index contributed by atoms with van der Waals surface area (Å²) < 4.78 is 13.3. The van der Waals surface area contributed by atoms with E-state index in [-0.39, 0.29) is 11.9 Å². The highest BCUT2D eigenvalue weighted by molar-refractivity contribution is 9.10. The number of epoxide rings is 1. The molecule has 0 aromatic heterocycles. The molecule has 2 saturated heterocycles. The van der Waals surface area contributed by atoms with E-state index in [1.165, 1.54) is 5.56 Å². The third kappa shape index (κ3) is 1.97. The number of ether oxygens (including phenoxy) is 2. The molecule has 1 aromatic carbocycles. The molecular formula is C18H23BrO3. The van der Waals surface area contributed by atoms with Gasteiger partial charge >= 0.3 is 0 Å². The molecule has 22 heavy (non-hydrogen) atoms. The van der Waals surface area contributed by atoms with Crippen LogP contribution in [0.4, 0.5) is 0 Å². The number of ketones is 1. The monoisotopic (exact) mass is 366 g/mol. The molecule has 3 unspecified atom stereocenters. The highest BCUT2D eigenvalue weighted by Crippen LogP contribution is 2.65. The van der Waals surface area contributed by atoms with Crippen molar-refractivity contribution in [3.63, 3.8) is 0 Å². The Kier molecular flexibility index (Phi) is 3.59. The second kappa shape index (κ2) is 4.89. The predicted molar refractivity (Wildman–Crippen MR) is 88.9 cm³/mol. The topological polar surface area (TPSA) is 38.8 Å². The summed E-state index contributed by atoms with van der Waals surface area (Å²) in [6.45, 7) is 9.87. The first-order chi connectivity index (χ1) is 10.2. The maximum Gasteiger partial charge on any atom is 0.201 e. The van der Waals surface area contributed by atoms with Crippen LogP contribution >= 0.6 is 15.9 Å². The van der Waals surface area contributed by atoms with E-state index in [4.69, 9.17) is 9.47 Å². The molecule has 4 heteroatoms. The molecule has 2 aliphatic heterocycles. The Hall–Kier alpha value is -0.710. The molecule has 0 aliphatic carbocycles. The summed E-state index contributed by atoms with van der Waals surface area (Å²) in [5, 5.41) is 0. The second-order valence-electron chi connectivity index (χ2n) is 6.96. The van der Waals surface area contributed by atoms with Crippen molar-refractivity contribution >= 4 is 21.7 Å². The van der Waals surface area contributed by atoms with E-state index in [0.29, 0.717) is 0 Å². The Morgan fingerprint density at radius 3 is 2.50 bits per heavy atom. The largest absolute Gasteiger partial charge is 0.358 e. The Balaban J connectivity index is 2.06. The standard InChI is InChI=1S/C18H23BrO3/c1-6-11-10-12(19)8-9-13(11)14-18(21-14)15(20)16(3,4)22-17(18,5)7-2/h8-10,14H,6-7H2,1-5H3. The van der Waals surface area contributed by atoms with Gasteiger partial charge in [0.05, 0.1) is 0 Å². The highest BCUT2D eigenvalue weighted by atomic mass is 79.9. The summed E-state index contributed by atoms with van der Waals surface area (Å²) in [5.74, 6) is 0.0688. The van der Waals surface area contributed by atoms with E-state index in [9.17, 15) is 4.79 Å². The summed E-state index contributed by atoms with van der Waals surface area (Å²) in [4.78, 5) is 13.0. The van der Waals surface area contributed by atoms with Crippen LogP contribution in [0.2, 0.25) is 0 Å². The molecule has 2 fully saturated rings. The van der Waals surface area contributed by atoms with E-state index in [1.807, 2.05) is 26.8 Å². The van der Waals surface area contributed by atoms with Crippen LogP contribution in [0.1, 0.15) is 58.3 Å². The van der Waals surface area contributed by atoms with Crippen molar-refractivity contribution in [1.29, 1.82) is 0 Å². The minimum Gasteiger partial charge on any atom is -0.358 e. The van der Waals surface area contributed by atoms with Gasteiger partial charge in [-0.2, -0.15) is 0 Å². The van der Waals surface area contributed by atoms with Crippen LogP contribution < -0.4 is 0 Å². The van der Waals surface area contributed by atoms with Crippen LogP contribution in [0.5, 0.6) is 0 Å². The number of Topliss-reactive ketones (excluding diaryl/α,β-unsaturated/α-hetero) is 1. The summed E-state index contributed by atoms with van der Waals surface area (Å²) in [7, 11) is 0. The smallest absolute Gasteiger partial charge is 0.201 e. The second-order valence-corrected chi connectivity index (χ2v) is 7.87. The lowest BCUT2D eigenvalue weighted by molar-refractivity contribution is -0.133. The molecule has 2 heterocycles. The van der Waals surface area contributed by atoms with Gasteiger partial charge in [-0.05, 0) is 56.9 Å². The molecule has 0 radical (unpaired) electrons. The molecular weight excluding hydrogens is 344 g/mol. The number of benzene rings is 1. The number of hydrogen-bond donors (Lipinski definition) is 0. The number of aryl methyl sites for hydroxylation is 1. The number of carbonyl (C=O) groups is 1. The van der Waals surface area contributed by atoms with Crippen molar-refractivity contribution in [1.82, 2.24) is 0 Å². The number of halogens is 1. The average Bonchev–Trinajstić information content (AvgIpc) is 3.19. The first-order valence-electron chi connectivity index (χ1n) is 7.93. The van der Waals surface area contributed by atoms with Crippen LogP contribution in [0.25, 0.3) is 0 Å². The molecule has 0 bridgehead atoms. The molecule has 0 N–H and O–H groups in total. The molecule has 3 nitrogen and oxygen atoms in total. The third-order valence-electron chi connectivity index (χ3n) is 5.21. The molecule has 0 saturated carbocycles. The first kappa shape index (κ1) is 16.2. The van der Waals surface area contributed by atoms with Gasteiger partial charge in [0.1, 0.15) is 17.3 Å². The van der Waals surface area contributed by atoms with Crippen molar-refractivity contribution in [3.05, 3.63) is 33.8 Å². The number of hydrogen-bond acceptors (Lipinski definition) is 3. The van der Waals surface area contributed by atoms with E-state index in [0.717, 1.165) is 22.9 Å². The fourth-order valence-electron chi connectivity index (χ4n) is 3.85. The Bertz CT molecular complexity index is 639. The molecule has 1 aromatic rings. The number of carbonyl (C=O) groups excluding carboxylic acids is 1. The summed E-state index contributed by atoms with van der Waals surface area (Å²) in [5.41, 5.74) is 0.132. The fraction of sp³-hybridized carbons (Fsp3) is 0.611. The predicted octanol–water partition coefficient (Wildman–Crippen LogP) is 4.37. The van der Waals surface area contributed by atoms with Crippen molar-refractivity contribution in [2.75, 3.05) is 0 Å². The Labute approximate surface area is 140 Å².